The van der Waals surface area contributed by atoms with Gasteiger partial charge in [-0.15, -0.1) is 0 Å². The number of hydrazine groups is 1. The summed E-state index contributed by atoms with van der Waals surface area (Å²) < 4.78 is 40.3. The van der Waals surface area contributed by atoms with E-state index in [9.17, 15) is 18.0 Å². The number of carbonyl (C=O) groups excluding carboxylic acids is 1. The summed E-state index contributed by atoms with van der Waals surface area (Å²) in [4.78, 5) is 11.8. The highest BCUT2D eigenvalue weighted by atomic mass is 35.5. The molecule has 1 amide bonds. The molecule has 0 spiro atoms. The minimum absolute atomic E-state index is 0.0325. The zero-order chi connectivity index (χ0) is 18.9. The van der Waals surface area contributed by atoms with Crippen LogP contribution in [0, 0.1) is 0 Å². The van der Waals surface area contributed by atoms with Gasteiger partial charge in [0.15, 0.2) is 5.69 Å². The molecule has 0 bridgehead atoms. The molecule has 0 fully saturated rings. The molecule has 26 heavy (non-hydrogen) atoms. The van der Waals surface area contributed by atoms with Crippen LogP contribution in [-0.4, -0.2) is 15.7 Å². The number of hydrogen-bond donors (Lipinski definition) is 2. The molecule has 3 N–H and O–H groups in total. The van der Waals surface area contributed by atoms with Crippen molar-refractivity contribution in [2.45, 2.75) is 6.18 Å². The van der Waals surface area contributed by atoms with Crippen molar-refractivity contribution >= 4 is 17.5 Å². The Morgan fingerprint density at radius 3 is 2.42 bits per heavy atom. The average molecular weight is 381 g/mol. The van der Waals surface area contributed by atoms with Crippen molar-refractivity contribution in [1.29, 1.82) is 0 Å². The standard InChI is InChI=1S/C17H12ClF3N4O/c18-12-6-4-10(5-7-12)15-9-14(16(26)23-22)24-25(15)13-3-1-2-11(8-13)17(19,20)21/h1-9H,22H2,(H,23,26). The first-order valence-corrected chi connectivity index (χ1v) is 7.72. The molecule has 0 aliphatic rings. The highest BCUT2D eigenvalue weighted by molar-refractivity contribution is 6.30. The summed E-state index contributed by atoms with van der Waals surface area (Å²) in [5.41, 5.74) is 2.29. The van der Waals surface area contributed by atoms with Gasteiger partial charge < -0.3 is 0 Å². The zero-order valence-corrected chi connectivity index (χ0v) is 13.8. The van der Waals surface area contributed by atoms with Crippen LogP contribution in [0.5, 0.6) is 0 Å². The maximum absolute atomic E-state index is 13.0. The van der Waals surface area contributed by atoms with E-state index < -0.39 is 17.6 Å². The Labute approximate surface area is 151 Å². The largest absolute Gasteiger partial charge is 0.416 e. The van der Waals surface area contributed by atoms with E-state index in [1.54, 1.807) is 24.3 Å². The number of alkyl halides is 3. The van der Waals surface area contributed by atoms with E-state index in [4.69, 9.17) is 17.4 Å². The van der Waals surface area contributed by atoms with Crippen LogP contribution < -0.4 is 11.3 Å². The Morgan fingerprint density at radius 2 is 1.81 bits per heavy atom. The number of amides is 1. The molecule has 0 radical (unpaired) electrons. The number of aromatic nitrogens is 2. The van der Waals surface area contributed by atoms with Crippen molar-refractivity contribution in [1.82, 2.24) is 15.2 Å². The minimum Gasteiger partial charge on any atom is -0.289 e. The van der Waals surface area contributed by atoms with Crippen molar-refractivity contribution in [3.63, 3.8) is 0 Å². The lowest BCUT2D eigenvalue weighted by Crippen LogP contribution is -2.30. The summed E-state index contributed by atoms with van der Waals surface area (Å²) in [6.45, 7) is 0. The summed E-state index contributed by atoms with van der Waals surface area (Å²) in [6, 6.07) is 12.7. The lowest BCUT2D eigenvalue weighted by molar-refractivity contribution is -0.137. The van der Waals surface area contributed by atoms with E-state index in [2.05, 4.69) is 5.10 Å². The molecule has 2 aromatic carbocycles. The summed E-state index contributed by atoms with van der Waals surface area (Å²) in [5, 5.41) is 4.60. The fraction of sp³-hybridized carbons (Fsp3) is 0.0588. The second-order valence-corrected chi connectivity index (χ2v) is 5.79. The molecule has 0 saturated heterocycles. The lowest BCUT2D eigenvalue weighted by atomic mass is 10.1. The number of nitrogens with zero attached hydrogens (tertiary/aromatic N) is 2. The van der Waals surface area contributed by atoms with Crippen LogP contribution in [0.3, 0.4) is 0 Å². The highest BCUT2D eigenvalue weighted by Crippen LogP contribution is 2.32. The second-order valence-electron chi connectivity index (χ2n) is 5.36. The summed E-state index contributed by atoms with van der Waals surface area (Å²) in [7, 11) is 0. The Balaban J connectivity index is 2.18. The number of rotatable bonds is 3. The third-order valence-corrected chi connectivity index (χ3v) is 3.88. The third-order valence-electron chi connectivity index (χ3n) is 3.63. The smallest absolute Gasteiger partial charge is 0.289 e. The first-order chi connectivity index (χ1) is 12.3. The number of halogens is 4. The monoisotopic (exact) mass is 380 g/mol. The second kappa shape index (κ2) is 6.81. The van der Waals surface area contributed by atoms with Crippen molar-refractivity contribution in [2.24, 2.45) is 5.84 Å². The third kappa shape index (κ3) is 3.56. The minimum atomic E-state index is -4.50. The van der Waals surface area contributed by atoms with Gasteiger partial charge in [0.05, 0.1) is 16.9 Å². The van der Waals surface area contributed by atoms with E-state index >= 15 is 0 Å². The highest BCUT2D eigenvalue weighted by Gasteiger charge is 2.31. The summed E-state index contributed by atoms with van der Waals surface area (Å²) in [6.07, 6.45) is -4.50. The first kappa shape index (κ1) is 18.0. The van der Waals surface area contributed by atoms with E-state index in [0.29, 0.717) is 16.3 Å². The average Bonchev–Trinajstić information content (AvgIpc) is 3.06. The number of nitrogens with two attached hydrogens (primary N) is 1. The number of hydrogen-bond acceptors (Lipinski definition) is 3. The summed E-state index contributed by atoms with van der Waals surface area (Å²) in [5.74, 6) is 4.47. The Kier molecular flexibility index (Phi) is 4.71. The van der Waals surface area contributed by atoms with Gasteiger partial charge in [-0.05, 0) is 36.4 Å². The van der Waals surface area contributed by atoms with Gasteiger partial charge in [0.1, 0.15) is 0 Å². The molecule has 0 aliphatic carbocycles. The Hall–Kier alpha value is -2.84. The Bertz CT molecular complexity index is 951. The summed E-state index contributed by atoms with van der Waals surface area (Å²) >= 11 is 5.88. The van der Waals surface area contributed by atoms with Crippen molar-refractivity contribution in [2.75, 3.05) is 0 Å². The van der Waals surface area contributed by atoms with Gasteiger partial charge in [-0.3, -0.25) is 10.2 Å². The zero-order valence-electron chi connectivity index (χ0n) is 13.1. The van der Waals surface area contributed by atoms with Gasteiger partial charge in [-0.2, -0.15) is 18.3 Å². The van der Waals surface area contributed by atoms with Crippen LogP contribution in [0.25, 0.3) is 16.9 Å². The van der Waals surface area contributed by atoms with Crippen molar-refractivity contribution in [3.8, 4) is 16.9 Å². The molecular formula is C17H12ClF3N4O. The molecule has 5 nitrogen and oxygen atoms in total. The fourth-order valence-electron chi connectivity index (χ4n) is 2.40. The number of carbonyl (C=O) groups is 1. The van der Waals surface area contributed by atoms with Gasteiger partial charge in [-0.1, -0.05) is 29.8 Å². The molecule has 1 aromatic heterocycles. The normalized spacial score (nSPS) is 11.4. The van der Waals surface area contributed by atoms with Crippen molar-refractivity contribution < 1.29 is 18.0 Å². The first-order valence-electron chi connectivity index (χ1n) is 7.34. The molecule has 9 heteroatoms. The van der Waals surface area contributed by atoms with E-state index in [-0.39, 0.29) is 11.4 Å². The van der Waals surface area contributed by atoms with Gasteiger partial charge in [0.25, 0.3) is 5.91 Å². The lowest BCUT2D eigenvalue weighted by Gasteiger charge is -2.11. The van der Waals surface area contributed by atoms with Gasteiger partial charge in [0.2, 0.25) is 0 Å². The van der Waals surface area contributed by atoms with E-state index in [1.807, 2.05) is 5.43 Å². The number of nitrogen functional groups attached to an aromatic ring is 1. The van der Waals surface area contributed by atoms with Gasteiger partial charge >= 0.3 is 6.18 Å². The quantitative estimate of drug-likeness (QED) is 0.412. The Morgan fingerprint density at radius 1 is 1.12 bits per heavy atom. The predicted molar refractivity (Wildman–Crippen MR) is 90.7 cm³/mol. The molecule has 3 aromatic rings. The molecular weight excluding hydrogens is 369 g/mol. The molecule has 1 heterocycles. The molecule has 134 valence electrons. The van der Waals surface area contributed by atoms with Crippen LogP contribution in [0.1, 0.15) is 16.1 Å². The maximum Gasteiger partial charge on any atom is 0.416 e. The van der Waals surface area contributed by atoms with E-state index in [1.165, 1.54) is 22.9 Å². The van der Waals surface area contributed by atoms with E-state index in [0.717, 1.165) is 12.1 Å². The van der Waals surface area contributed by atoms with Crippen LogP contribution >= 0.6 is 11.6 Å². The van der Waals surface area contributed by atoms with Gasteiger partial charge in [-0.25, -0.2) is 10.5 Å². The number of nitrogens with one attached hydrogen (secondary N) is 1. The molecule has 0 saturated carbocycles. The van der Waals surface area contributed by atoms with Crippen molar-refractivity contribution in [3.05, 3.63) is 70.9 Å². The SMILES string of the molecule is NNC(=O)c1cc(-c2ccc(Cl)cc2)n(-c2cccc(C(F)(F)F)c2)n1. The molecule has 0 unspecified atom stereocenters. The van der Waals surface area contributed by atoms with Crippen LogP contribution in [0.15, 0.2) is 54.6 Å². The number of benzene rings is 2. The maximum atomic E-state index is 13.0. The van der Waals surface area contributed by atoms with Crippen LogP contribution in [0.2, 0.25) is 5.02 Å². The van der Waals surface area contributed by atoms with Crippen LogP contribution in [0.4, 0.5) is 13.2 Å². The predicted octanol–water partition coefficient (Wildman–Crippen LogP) is 3.82. The topological polar surface area (TPSA) is 72.9 Å². The van der Waals surface area contributed by atoms with Crippen LogP contribution in [-0.2, 0) is 6.18 Å². The van der Waals surface area contributed by atoms with Gasteiger partial charge in [0, 0.05) is 10.6 Å². The molecule has 0 atom stereocenters. The molecule has 3 rings (SSSR count). The fourth-order valence-corrected chi connectivity index (χ4v) is 2.53. The molecule has 0 aliphatic heterocycles.